The van der Waals surface area contributed by atoms with Crippen molar-refractivity contribution in [2.45, 2.75) is 32.1 Å². The van der Waals surface area contributed by atoms with Crippen LogP contribution in [0.15, 0.2) is 18.2 Å². The van der Waals surface area contributed by atoms with E-state index in [4.69, 9.17) is 0 Å². The molecule has 17 heavy (non-hydrogen) atoms. The van der Waals surface area contributed by atoms with Crippen LogP contribution in [0.2, 0.25) is 0 Å². The third-order valence-corrected chi connectivity index (χ3v) is 3.27. The first-order valence-corrected chi connectivity index (χ1v) is 5.93. The zero-order valence-electron chi connectivity index (χ0n) is 9.85. The van der Waals surface area contributed by atoms with Gasteiger partial charge in [-0.2, -0.15) is 0 Å². The largest absolute Gasteiger partial charge is 0.371 e. The summed E-state index contributed by atoms with van der Waals surface area (Å²) in [5.74, 6) is -2.76. The molecule has 0 spiro atoms. The molecule has 1 nitrogen and oxygen atoms in total. The highest BCUT2D eigenvalue weighted by atomic mass is 19.3. The molecule has 94 valence electrons. The Morgan fingerprint density at radius 2 is 1.88 bits per heavy atom. The highest BCUT2D eigenvalue weighted by Crippen LogP contribution is 2.31. The van der Waals surface area contributed by atoms with Crippen molar-refractivity contribution in [2.24, 2.45) is 0 Å². The first kappa shape index (κ1) is 12.3. The Morgan fingerprint density at radius 3 is 2.47 bits per heavy atom. The van der Waals surface area contributed by atoms with Gasteiger partial charge in [0.15, 0.2) is 0 Å². The number of nitrogens with zero attached hydrogens (tertiary/aromatic N) is 1. The Hall–Kier alpha value is -1.19. The summed E-state index contributed by atoms with van der Waals surface area (Å²) in [6, 6.07) is 4.84. The maximum atomic E-state index is 13.3. The lowest BCUT2D eigenvalue weighted by Crippen LogP contribution is -2.39. The van der Waals surface area contributed by atoms with Crippen LogP contribution in [0.1, 0.15) is 25.3 Å². The van der Waals surface area contributed by atoms with Gasteiger partial charge in [-0.15, -0.1) is 0 Å². The van der Waals surface area contributed by atoms with Crippen LogP contribution in [-0.4, -0.2) is 19.0 Å². The van der Waals surface area contributed by atoms with Crippen molar-refractivity contribution in [3.05, 3.63) is 29.6 Å². The second-order valence-corrected chi connectivity index (χ2v) is 4.47. The van der Waals surface area contributed by atoms with Crippen molar-refractivity contribution in [3.8, 4) is 0 Å². The van der Waals surface area contributed by atoms with Crippen molar-refractivity contribution in [3.63, 3.8) is 0 Å². The smallest absolute Gasteiger partial charge is 0.251 e. The van der Waals surface area contributed by atoms with Crippen LogP contribution in [0.25, 0.3) is 0 Å². The number of anilines is 1. The van der Waals surface area contributed by atoms with Gasteiger partial charge in [0.05, 0.1) is 0 Å². The lowest BCUT2D eigenvalue weighted by atomic mass is 10.0. The molecule has 0 aromatic heterocycles. The van der Waals surface area contributed by atoms with Gasteiger partial charge in [-0.1, -0.05) is 6.92 Å². The molecule has 0 N–H and O–H groups in total. The van der Waals surface area contributed by atoms with E-state index in [-0.39, 0.29) is 18.7 Å². The molecule has 1 heterocycles. The summed E-state index contributed by atoms with van der Waals surface area (Å²) in [5.41, 5.74) is 1.48. The van der Waals surface area contributed by atoms with E-state index in [1.54, 1.807) is 12.1 Å². The lowest BCUT2D eigenvalue weighted by molar-refractivity contribution is -0.0220. The minimum Gasteiger partial charge on any atom is -0.371 e. The molecule has 0 bridgehead atoms. The summed E-state index contributed by atoms with van der Waals surface area (Å²) in [5, 5.41) is 0. The summed E-state index contributed by atoms with van der Waals surface area (Å²) in [6.45, 7) is 2.55. The summed E-state index contributed by atoms with van der Waals surface area (Å²) in [6.07, 6.45) is 0.376. The molecule has 1 aromatic carbocycles. The molecule has 0 atom stereocenters. The number of piperidine rings is 1. The normalized spacial score (nSPS) is 19.4. The monoisotopic (exact) mass is 243 g/mol. The van der Waals surface area contributed by atoms with Crippen molar-refractivity contribution in [2.75, 3.05) is 18.0 Å². The van der Waals surface area contributed by atoms with Crippen LogP contribution < -0.4 is 4.90 Å². The average Bonchev–Trinajstić information content (AvgIpc) is 2.30. The standard InChI is InChI=1S/C13H16F3N/c1-2-10-9-11(3-4-12(10)14)17-7-5-13(15,16)6-8-17/h3-4,9H,2,5-8H2,1H3. The minimum atomic E-state index is -2.54. The zero-order chi connectivity index (χ0) is 12.5. The number of aryl methyl sites for hydroxylation is 1. The summed E-state index contributed by atoms with van der Waals surface area (Å²) >= 11 is 0. The molecule has 2 rings (SSSR count). The molecular weight excluding hydrogens is 227 g/mol. The molecular formula is C13H16F3N. The van der Waals surface area contributed by atoms with Gasteiger partial charge in [-0.3, -0.25) is 0 Å². The molecule has 1 aliphatic heterocycles. The first-order valence-electron chi connectivity index (χ1n) is 5.93. The number of hydrogen-bond acceptors (Lipinski definition) is 1. The van der Waals surface area contributed by atoms with E-state index < -0.39 is 5.92 Å². The van der Waals surface area contributed by atoms with Crippen molar-refractivity contribution >= 4 is 5.69 Å². The van der Waals surface area contributed by atoms with Gasteiger partial charge in [0.25, 0.3) is 5.92 Å². The van der Waals surface area contributed by atoms with Gasteiger partial charge in [0, 0.05) is 31.6 Å². The topological polar surface area (TPSA) is 3.24 Å². The maximum Gasteiger partial charge on any atom is 0.251 e. The van der Waals surface area contributed by atoms with Gasteiger partial charge < -0.3 is 4.90 Å². The minimum absolute atomic E-state index is 0.119. The van der Waals surface area contributed by atoms with E-state index in [1.165, 1.54) is 6.07 Å². The SMILES string of the molecule is CCc1cc(N2CCC(F)(F)CC2)ccc1F. The predicted molar refractivity (Wildman–Crippen MR) is 62.2 cm³/mol. The Balaban J connectivity index is 2.13. The van der Waals surface area contributed by atoms with E-state index in [0.717, 1.165) is 5.69 Å². The van der Waals surface area contributed by atoms with Crippen molar-refractivity contribution < 1.29 is 13.2 Å². The van der Waals surface area contributed by atoms with Crippen molar-refractivity contribution in [1.82, 2.24) is 0 Å². The van der Waals surface area contributed by atoms with Gasteiger partial charge >= 0.3 is 0 Å². The molecule has 1 fully saturated rings. The molecule has 1 aliphatic rings. The second-order valence-electron chi connectivity index (χ2n) is 4.47. The van der Waals surface area contributed by atoms with Crippen LogP contribution in [0, 0.1) is 5.82 Å². The Labute approximate surface area is 99.2 Å². The second kappa shape index (κ2) is 4.59. The molecule has 4 heteroatoms. The highest BCUT2D eigenvalue weighted by molar-refractivity contribution is 5.49. The molecule has 0 radical (unpaired) electrons. The fourth-order valence-corrected chi connectivity index (χ4v) is 2.12. The van der Waals surface area contributed by atoms with Crippen LogP contribution in [0.5, 0.6) is 0 Å². The highest BCUT2D eigenvalue weighted by Gasteiger charge is 2.34. The number of halogens is 3. The number of rotatable bonds is 2. The number of hydrogen-bond donors (Lipinski definition) is 0. The van der Waals surface area contributed by atoms with Crippen LogP contribution >= 0.6 is 0 Å². The molecule has 1 aromatic rings. The van der Waals surface area contributed by atoms with Gasteiger partial charge in [0.2, 0.25) is 0 Å². The summed E-state index contributed by atoms with van der Waals surface area (Å²) in [4.78, 5) is 1.90. The lowest BCUT2D eigenvalue weighted by Gasteiger charge is -2.33. The Kier molecular flexibility index (Phi) is 3.31. The first-order chi connectivity index (χ1) is 8.02. The van der Waals surface area contributed by atoms with Crippen LogP contribution in [0.4, 0.5) is 18.9 Å². The van der Waals surface area contributed by atoms with Crippen LogP contribution in [-0.2, 0) is 6.42 Å². The quantitative estimate of drug-likeness (QED) is 0.766. The third kappa shape index (κ3) is 2.73. The van der Waals surface area contributed by atoms with Gasteiger partial charge in [-0.05, 0) is 30.2 Å². The molecule has 0 saturated carbocycles. The fourth-order valence-electron chi connectivity index (χ4n) is 2.12. The van der Waals surface area contributed by atoms with Crippen molar-refractivity contribution in [1.29, 1.82) is 0 Å². The maximum absolute atomic E-state index is 13.3. The molecule has 0 aliphatic carbocycles. The van der Waals surface area contributed by atoms with E-state index in [9.17, 15) is 13.2 Å². The summed E-state index contributed by atoms with van der Waals surface area (Å²) in [7, 11) is 0. The van der Waals surface area contributed by atoms with Gasteiger partial charge in [0.1, 0.15) is 5.82 Å². The zero-order valence-corrected chi connectivity index (χ0v) is 9.85. The average molecular weight is 243 g/mol. The Bertz CT molecular complexity index is 394. The molecule has 0 unspecified atom stereocenters. The van der Waals surface area contributed by atoms with Crippen LogP contribution in [0.3, 0.4) is 0 Å². The molecule has 0 amide bonds. The number of benzene rings is 1. The van der Waals surface area contributed by atoms with E-state index >= 15 is 0 Å². The third-order valence-electron chi connectivity index (χ3n) is 3.27. The fraction of sp³-hybridized carbons (Fsp3) is 0.538. The predicted octanol–water partition coefficient (Wildman–Crippen LogP) is 3.62. The van der Waals surface area contributed by atoms with E-state index in [2.05, 4.69) is 0 Å². The molecule has 1 saturated heterocycles. The van der Waals surface area contributed by atoms with Gasteiger partial charge in [-0.25, -0.2) is 13.2 Å². The van der Waals surface area contributed by atoms with E-state index in [0.29, 0.717) is 25.1 Å². The summed E-state index contributed by atoms with van der Waals surface area (Å²) < 4.78 is 39.4. The number of alkyl halides is 2. The Morgan fingerprint density at radius 1 is 1.24 bits per heavy atom. The van der Waals surface area contributed by atoms with E-state index in [1.807, 2.05) is 11.8 Å².